The smallest absolute Gasteiger partial charge is 0.325 e. The van der Waals surface area contributed by atoms with Crippen molar-refractivity contribution >= 4 is 23.9 Å². The number of carbonyl (C=O) groups excluding carboxylic acids is 3. The maximum atomic E-state index is 12.9. The normalized spacial score (nSPS) is 10.9. The molecule has 2 N–H and O–H groups in total. The zero-order valence-corrected chi connectivity index (χ0v) is 20.2. The summed E-state index contributed by atoms with van der Waals surface area (Å²) >= 11 is 0. The molecule has 2 amide bonds. The molecule has 0 saturated carbocycles. The third-order valence-electron chi connectivity index (χ3n) is 5.12. The van der Waals surface area contributed by atoms with Crippen molar-refractivity contribution in [2.45, 2.75) is 26.4 Å². The number of unbranched alkanes of at least 4 members (excludes halogenated alkanes) is 1. The van der Waals surface area contributed by atoms with E-state index in [2.05, 4.69) is 17.6 Å². The second kappa shape index (κ2) is 14.1. The minimum atomic E-state index is -0.608. The quantitative estimate of drug-likeness (QED) is 0.223. The fraction of sp³-hybridized carbons (Fsp3) is 0.207. The average molecular weight is 487 g/mol. The lowest BCUT2D eigenvalue weighted by Gasteiger charge is -2.12. The predicted molar refractivity (Wildman–Crippen MR) is 138 cm³/mol. The van der Waals surface area contributed by atoms with Gasteiger partial charge in [0.15, 0.2) is 0 Å². The molecule has 186 valence electrons. The van der Waals surface area contributed by atoms with E-state index in [1.54, 1.807) is 42.5 Å². The monoisotopic (exact) mass is 486 g/mol. The molecule has 0 bridgehead atoms. The first-order chi connectivity index (χ1) is 17.5. The Hall–Kier alpha value is -4.39. The Labute approximate surface area is 211 Å². The zero-order valence-electron chi connectivity index (χ0n) is 20.2. The first-order valence-corrected chi connectivity index (χ1v) is 11.8. The third kappa shape index (κ3) is 8.76. The third-order valence-corrected chi connectivity index (χ3v) is 5.12. The number of amides is 2. The number of hydrogen-bond donors (Lipinski definition) is 2. The average Bonchev–Trinajstić information content (AvgIpc) is 2.92. The summed E-state index contributed by atoms with van der Waals surface area (Å²) in [7, 11) is 0. The molecule has 0 saturated heterocycles. The Morgan fingerprint density at radius 2 is 1.53 bits per heavy atom. The van der Waals surface area contributed by atoms with Crippen LogP contribution < -0.4 is 15.4 Å². The van der Waals surface area contributed by atoms with Gasteiger partial charge in [0.25, 0.3) is 11.8 Å². The lowest BCUT2D eigenvalue weighted by atomic mass is 10.1. The van der Waals surface area contributed by atoms with Gasteiger partial charge in [0.05, 0.1) is 6.61 Å². The lowest BCUT2D eigenvalue weighted by Crippen LogP contribution is -2.37. The number of ether oxygens (including phenoxy) is 2. The summed E-state index contributed by atoms with van der Waals surface area (Å²) in [6.45, 7) is 2.47. The van der Waals surface area contributed by atoms with E-state index in [1.807, 2.05) is 48.5 Å². The Bertz CT molecular complexity index is 1160. The summed E-state index contributed by atoms with van der Waals surface area (Å²) in [5.74, 6) is -0.981. The van der Waals surface area contributed by atoms with Crippen LogP contribution in [0, 0.1) is 0 Å². The molecule has 0 aliphatic heterocycles. The molecule has 0 aliphatic rings. The fourth-order valence-electron chi connectivity index (χ4n) is 3.14. The van der Waals surface area contributed by atoms with E-state index in [0.717, 1.165) is 18.4 Å². The standard InChI is InChI=1S/C29H30N2O5/c1-2-3-18-35-25-16-14-24(15-17-25)28(33)31-26(19-22-10-6-4-7-11-22)29(34)30-20-27(32)36-21-23-12-8-5-9-13-23/h4-17,19H,2-3,18,20-21H2,1H3,(H,30,34)(H,31,33)/b26-19+. The fourth-order valence-corrected chi connectivity index (χ4v) is 3.14. The molecule has 0 spiro atoms. The molecule has 0 aromatic heterocycles. The van der Waals surface area contributed by atoms with Crippen LogP contribution >= 0.6 is 0 Å². The Kier molecular flexibility index (Phi) is 10.3. The van der Waals surface area contributed by atoms with E-state index in [4.69, 9.17) is 9.47 Å². The van der Waals surface area contributed by atoms with E-state index < -0.39 is 17.8 Å². The van der Waals surface area contributed by atoms with Gasteiger partial charge >= 0.3 is 5.97 Å². The van der Waals surface area contributed by atoms with Gasteiger partial charge in [0.2, 0.25) is 0 Å². The second-order valence-electron chi connectivity index (χ2n) is 7.98. The van der Waals surface area contributed by atoms with Gasteiger partial charge < -0.3 is 20.1 Å². The van der Waals surface area contributed by atoms with Gasteiger partial charge in [-0.05, 0) is 47.9 Å². The van der Waals surface area contributed by atoms with Crippen LogP contribution in [0.4, 0.5) is 0 Å². The van der Waals surface area contributed by atoms with E-state index in [1.165, 1.54) is 0 Å². The number of hydrogen-bond acceptors (Lipinski definition) is 5. The SMILES string of the molecule is CCCCOc1ccc(C(=O)N/C(=C/c2ccccc2)C(=O)NCC(=O)OCc2ccccc2)cc1. The van der Waals surface area contributed by atoms with Crippen molar-refractivity contribution in [3.8, 4) is 5.75 Å². The van der Waals surface area contributed by atoms with Crippen molar-refractivity contribution in [3.63, 3.8) is 0 Å². The summed E-state index contributed by atoms with van der Waals surface area (Å²) in [6.07, 6.45) is 3.53. The predicted octanol–water partition coefficient (Wildman–Crippen LogP) is 4.50. The minimum absolute atomic E-state index is 0.00494. The minimum Gasteiger partial charge on any atom is -0.494 e. The molecular formula is C29H30N2O5. The summed E-state index contributed by atoms with van der Waals surface area (Å²) in [5, 5.41) is 5.17. The van der Waals surface area contributed by atoms with Crippen LogP contribution in [0.2, 0.25) is 0 Å². The zero-order chi connectivity index (χ0) is 25.6. The first-order valence-electron chi connectivity index (χ1n) is 11.8. The van der Waals surface area contributed by atoms with E-state index >= 15 is 0 Å². The van der Waals surface area contributed by atoms with Crippen molar-refractivity contribution in [1.29, 1.82) is 0 Å². The van der Waals surface area contributed by atoms with Gasteiger partial charge in [-0.25, -0.2) is 0 Å². The van der Waals surface area contributed by atoms with Crippen molar-refractivity contribution < 1.29 is 23.9 Å². The van der Waals surface area contributed by atoms with Crippen LogP contribution in [0.5, 0.6) is 5.75 Å². The van der Waals surface area contributed by atoms with Crippen LogP contribution in [0.15, 0.2) is 90.6 Å². The summed E-state index contributed by atoms with van der Waals surface area (Å²) in [4.78, 5) is 37.8. The van der Waals surface area contributed by atoms with E-state index in [-0.39, 0.29) is 18.8 Å². The van der Waals surface area contributed by atoms with Crippen molar-refractivity contribution in [1.82, 2.24) is 10.6 Å². The molecule has 3 aromatic rings. The van der Waals surface area contributed by atoms with Gasteiger partial charge in [-0.3, -0.25) is 14.4 Å². The summed E-state index contributed by atoms with van der Waals surface area (Å²) in [5.41, 5.74) is 1.93. The van der Waals surface area contributed by atoms with Gasteiger partial charge in [-0.15, -0.1) is 0 Å². The molecule has 7 heteroatoms. The molecule has 0 fully saturated rings. The first kappa shape index (κ1) is 26.2. The Morgan fingerprint density at radius 1 is 0.861 bits per heavy atom. The number of esters is 1. The van der Waals surface area contributed by atoms with Crippen molar-refractivity contribution in [3.05, 3.63) is 107 Å². The van der Waals surface area contributed by atoms with Gasteiger partial charge in [0.1, 0.15) is 24.6 Å². The van der Waals surface area contributed by atoms with Crippen LogP contribution in [0.25, 0.3) is 6.08 Å². The largest absolute Gasteiger partial charge is 0.494 e. The Morgan fingerprint density at radius 3 is 2.19 bits per heavy atom. The van der Waals surface area contributed by atoms with E-state index in [9.17, 15) is 14.4 Å². The highest BCUT2D eigenvalue weighted by Gasteiger charge is 2.16. The van der Waals surface area contributed by atoms with Gasteiger partial charge in [-0.1, -0.05) is 74.0 Å². The molecule has 7 nitrogen and oxygen atoms in total. The number of nitrogens with one attached hydrogen (secondary N) is 2. The van der Waals surface area contributed by atoms with Crippen LogP contribution in [0.3, 0.4) is 0 Å². The van der Waals surface area contributed by atoms with Crippen LogP contribution in [0.1, 0.15) is 41.3 Å². The molecule has 0 aliphatic carbocycles. The van der Waals surface area contributed by atoms with Crippen molar-refractivity contribution in [2.24, 2.45) is 0 Å². The summed E-state index contributed by atoms with van der Waals surface area (Å²) < 4.78 is 10.8. The highest BCUT2D eigenvalue weighted by Crippen LogP contribution is 2.14. The molecule has 0 unspecified atom stereocenters. The van der Waals surface area contributed by atoms with Gasteiger partial charge in [-0.2, -0.15) is 0 Å². The molecular weight excluding hydrogens is 456 g/mol. The van der Waals surface area contributed by atoms with Gasteiger partial charge in [0, 0.05) is 5.56 Å². The Balaban J connectivity index is 1.62. The number of carbonyl (C=O) groups is 3. The molecule has 36 heavy (non-hydrogen) atoms. The maximum absolute atomic E-state index is 12.9. The summed E-state index contributed by atoms with van der Waals surface area (Å²) in [6, 6.07) is 25.0. The van der Waals surface area contributed by atoms with Crippen LogP contribution in [-0.2, 0) is 20.9 Å². The number of benzene rings is 3. The van der Waals surface area contributed by atoms with Crippen molar-refractivity contribution in [2.75, 3.05) is 13.2 Å². The molecule has 3 rings (SSSR count). The maximum Gasteiger partial charge on any atom is 0.325 e. The molecule has 0 heterocycles. The molecule has 0 radical (unpaired) electrons. The highest BCUT2D eigenvalue weighted by molar-refractivity contribution is 6.05. The van der Waals surface area contributed by atoms with Crippen LogP contribution in [-0.4, -0.2) is 30.9 Å². The molecule has 0 atom stereocenters. The lowest BCUT2D eigenvalue weighted by molar-refractivity contribution is -0.144. The van der Waals surface area contributed by atoms with E-state index in [0.29, 0.717) is 23.5 Å². The number of rotatable bonds is 12. The highest BCUT2D eigenvalue weighted by atomic mass is 16.5. The second-order valence-corrected chi connectivity index (χ2v) is 7.98. The molecule has 3 aromatic carbocycles. The topological polar surface area (TPSA) is 93.7 Å².